The number of ether oxygens (including phenoxy) is 1. The standard InChI is InChI=1S/C20H26ClNO/c1-13(2)23-20-6-5-16(11-19(20)21)10-18(12-22)17-8-14(3)7-15(4)9-17/h5-9,11,13,18H,10,12,22H2,1-4H3. The van der Waals surface area contributed by atoms with Crippen molar-refractivity contribution in [3.05, 3.63) is 63.7 Å². The van der Waals surface area contributed by atoms with Gasteiger partial charge in [-0.15, -0.1) is 0 Å². The lowest BCUT2D eigenvalue weighted by atomic mass is 9.90. The Bertz CT molecular complexity index is 646. The molecule has 2 N–H and O–H groups in total. The highest BCUT2D eigenvalue weighted by molar-refractivity contribution is 6.32. The third-order valence-corrected chi connectivity index (χ3v) is 4.14. The van der Waals surface area contributed by atoms with Crippen molar-refractivity contribution >= 4 is 11.6 Å². The van der Waals surface area contributed by atoms with Gasteiger partial charge in [0.15, 0.2) is 0 Å². The molecule has 0 aliphatic heterocycles. The van der Waals surface area contributed by atoms with Gasteiger partial charge in [-0.1, -0.05) is 47.0 Å². The summed E-state index contributed by atoms with van der Waals surface area (Å²) in [6.45, 7) is 8.85. The van der Waals surface area contributed by atoms with E-state index in [1.54, 1.807) is 0 Å². The van der Waals surface area contributed by atoms with Crippen molar-refractivity contribution in [1.82, 2.24) is 0 Å². The first kappa shape index (κ1) is 17.8. The summed E-state index contributed by atoms with van der Waals surface area (Å²) in [4.78, 5) is 0. The maximum Gasteiger partial charge on any atom is 0.138 e. The van der Waals surface area contributed by atoms with Crippen LogP contribution in [0.4, 0.5) is 0 Å². The van der Waals surface area contributed by atoms with Crippen LogP contribution in [0, 0.1) is 13.8 Å². The molecule has 3 heteroatoms. The fraction of sp³-hybridized carbons (Fsp3) is 0.400. The molecular weight excluding hydrogens is 306 g/mol. The predicted molar refractivity (Wildman–Crippen MR) is 98.6 cm³/mol. The van der Waals surface area contributed by atoms with Gasteiger partial charge in [0.1, 0.15) is 5.75 Å². The van der Waals surface area contributed by atoms with Crippen molar-refractivity contribution in [2.24, 2.45) is 5.73 Å². The monoisotopic (exact) mass is 331 g/mol. The molecule has 0 bridgehead atoms. The van der Waals surface area contributed by atoms with Crippen LogP contribution in [0.2, 0.25) is 5.02 Å². The van der Waals surface area contributed by atoms with Gasteiger partial charge >= 0.3 is 0 Å². The molecule has 2 aromatic rings. The minimum atomic E-state index is 0.116. The zero-order valence-corrected chi connectivity index (χ0v) is 15.2. The molecule has 0 spiro atoms. The number of nitrogens with two attached hydrogens (primary N) is 1. The number of hydrogen-bond donors (Lipinski definition) is 1. The Hall–Kier alpha value is -1.51. The number of halogens is 1. The highest BCUT2D eigenvalue weighted by Gasteiger charge is 2.13. The van der Waals surface area contributed by atoms with E-state index in [9.17, 15) is 0 Å². The fourth-order valence-corrected chi connectivity index (χ4v) is 3.14. The maximum atomic E-state index is 6.34. The summed E-state index contributed by atoms with van der Waals surface area (Å²) in [6.07, 6.45) is 0.992. The third-order valence-electron chi connectivity index (χ3n) is 3.84. The van der Waals surface area contributed by atoms with Crippen LogP contribution < -0.4 is 10.5 Å². The molecule has 0 fully saturated rings. The molecule has 2 aromatic carbocycles. The average molecular weight is 332 g/mol. The number of hydrogen-bond acceptors (Lipinski definition) is 2. The zero-order valence-electron chi connectivity index (χ0n) is 14.4. The molecule has 0 heterocycles. The highest BCUT2D eigenvalue weighted by atomic mass is 35.5. The van der Waals surface area contributed by atoms with Gasteiger partial charge in [0.2, 0.25) is 0 Å². The topological polar surface area (TPSA) is 35.2 Å². The van der Waals surface area contributed by atoms with Gasteiger partial charge in [-0.25, -0.2) is 0 Å². The van der Waals surface area contributed by atoms with Crippen molar-refractivity contribution in [2.75, 3.05) is 6.54 Å². The van der Waals surface area contributed by atoms with Crippen LogP contribution in [-0.2, 0) is 6.42 Å². The minimum absolute atomic E-state index is 0.116. The molecule has 124 valence electrons. The number of benzene rings is 2. The van der Waals surface area contributed by atoms with Crippen LogP contribution in [0.3, 0.4) is 0 Å². The first-order valence-electron chi connectivity index (χ1n) is 8.12. The summed E-state index contributed by atoms with van der Waals surface area (Å²) in [5.41, 5.74) is 11.1. The molecule has 1 atom stereocenters. The molecule has 2 rings (SSSR count). The molecule has 0 saturated carbocycles. The normalized spacial score (nSPS) is 12.5. The molecule has 0 radical (unpaired) electrons. The van der Waals surface area contributed by atoms with Crippen LogP contribution in [0.5, 0.6) is 5.75 Å². The van der Waals surface area contributed by atoms with E-state index in [4.69, 9.17) is 22.1 Å². The van der Waals surface area contributed by atoms with Crippen LogP contribution in [0.25, 0.3) is 0 Å². The van der Waals surface area contributed by atoms with Crippen LogP contribution in [-0.4, -0.2) is 12.6 Å². The maximum absolute atomic E-state index is 6.34. The second kappa shape index (κ2) is 7.85. The lowest BCUT2D eigenvalue weighted by Gasteiger charge is -2.18. The van der Waals surface area contributed by atoms with E-state index in [1.807, 2.05) is 26.0 Å². The Morgan fingerprint density at radius 2 is 1.70 bits per heavy atom. The zero-order chi connectivity index (χ0) is 17.0. The molecule has 1 unspecified atom stereocenters. The molecule has 0 aliphatic rings. The smallest absolute Gasteiger partial charge is 0.138 e. The molecule has 23 heavy (non-hydrogen) atoms. The van der Waals surface area contributed by atoms with Crippen molar-refractivity contribution in [1.29, 1.82) is 0 Å². The Morgan fingerprint density at radius 3 is 2.22 bits per heavy atom. The molecule has 0 saturated heterocycles. The Balaban J connectivity index is 2.20. The number of rotatable bonds is 6. The van der Waals surface area contributed by atoms with E-state index >= 15 is 0 Å². The number of aryl methyl sites for hydroxylation is 2. The van der Waals surface area contributed by atoms with Crippen molar-refractivity contribution in [3.8, 4) is 5.75 Å². The highest BCUT2D eigenvalue weighted by Crippen LogP contribution is 2.29. The summed E-state index contributed by atoms with van der Waals surface area (Å²) in [7, 11) is 0. The molecular formula is C20H26ClNO. The molecule has 2 nitrogen and oxygen atoms in total. The van der Waals surface area contributed by atoms with Crippen molar-refractivity contribution < 1.29 is 4.74 Å². The van der Waals surface area contributed by atoms with Crippen LogP contribution in [0.1, 0.15) is 42.0 Å². The largest absolute Gasteiger partial charge is 0.489 e. The van der Waals surface area contributed by atoms with Gasteiger partial charge in [-0.3, -0.25) is 0 Å². The Morgan fingerprint density at radius 1 is 1.04 bits per heavy atom. The van der Waals surface area contributed by atoms with E-state index in [0.29, 0.717) is 17.5 Å². The Kier molecular flexibility index (Phi) is 6.09. The van der Waals surface area contributed by atoms with Gasteiger partial charge in [0.25, 0.3) is 0 Å². The first-order valence-corrected chi connectivity index (χ1v) is 8.50. The SMILES string of the molecule is Cc1cc(C)cc(C(CN)Cc2ccc(OC(C)C)c(Cl)c2)c1. The average Bonchev–Trinajstić information content (AvgIpc) is 2.46. The summed E-state index contributed by atoms with van der Waals surface area (Å²) in [5.74, 6) is 1.03. The summed E-state index contributed by atoms with van der Waals surface area (Å²) in [5, 5.41) is 0.660. The quantitative estimate of drug-likeness (QED) is 0.805. The molecule has 0 aliphatic carbocycles. The second-order valence-electron chi connectivity index (χ2n) is 6.49. The molecule has 0 amide bonds. The van der Waals surface area contributed by atoms with Gasteiger partial charge in [-0.2, -0.15) is 0 Å². The third kappa shape index (κ3) is 4.98. The predicted octanol–water partition coefficient (Wildman–Crippen LogP) is 5.03. The fourth-order valence-electron chi connectivity index (χ4n) is 2.89. The van der Waals surface area contributed by atoms with Gasteiger partial charge in [0.05, 0.1) is 11.1 Å². The van der Waals surface area contributed by atoms with Crippen molar-refractivity contribution in [2.45, 2.75) is 46.1 Å². The second-order valence-corrected chi connectivity index (χ2v) is 6.90. The first-order chi connectivity index (χ1) is 10.9. The van der Waals surface area contributed by atoms with Crippen LogP contribution in [0.15, 0.2) is 36.4 Å². The minimum Gasteiger partial charge on any atom is -0.489 e. The van der Waals surface area contributed by atoms with Crippen molar-refractivity contribution in [3.63, 3.8) is 0 Å². The Labute approximate surface area is 144 Å². The summed E-state index contributed by atoms with van der Waals surface area (Å²) in [6, 6.07) is 12.7. The molecule has 0 aromatic heterocycles. The lowest BCUT2D eigenvalue weighted by Crippen LogP contribution is -2.15. The van der Waals surface area contributed by atoms with E-state index in [0.717, 1.165) is 12.2 Å². The van der Waals surface area contributed by atoms with Crippen LogP contribution >= 0.6 is 11.6 Å². The summed E-state index contributed by atoms with van der Waals surface area (Å²) < 4.78 is 5.69. The van der Waals surface area contributed by atoms with E-state index < -0.39 is 0 Å². The van der Waals surface area contributed by atoms with E-state index in [2.05, 4.69) is 38.1 Å². The van der Waals surface area contributed by atoms with Gasteiger partial charge in [0, 0.05) is 5.92 Å². The van der Waals surface area contributed by atoms with Gasteiger partial charge in [-0.05, 0) is 63.9 Å². The van der Waals surface area contributed by atoms with Gasteiger partial charge < -0.3 is 10.5 Å². The van der Waals surface area contributed by atoms with E-state index in [-0.39, 0.29) is 6.10 Å². The lowest BCUT2D eigenvalue weighted by molar-refractivity contribution is 0.242. The summed E-state index contributed by atoms with van der Waals surface area (Å²) >= 11 is 6.34. The van der Waals surface area contributed by atoms with E-state index in [1.165, 1.54) is 22.3 Å².